The Kier molecular flexibility index (Phi) is 4.08. The van der Waals surface area contributed by atoms with Gasteiger partial charge in [-0.3, -0.25) is 4.79 Å². The van der Waals surface area contributed by atoms with Gasteiger partial charge in [0.1, 0.15) is 0 Å². The molecule has 0 unspecified atom stereocenters. The molecule has 0 heterocycles. The number of nitrogens with two attached hydrogens (primary N) is 1. The van der Waals surface area contributed by atoms with Gasteiger partial charge >= 0.3 is 0 Å². The Balaban J connectivity index is 2.04. The number of Topliss-reactive ketones (excluding diaryl/α,β-unsaturated/α-hetero) is 1. The molecule has 3 heteroatoms. The third-order valence-electron chi connectivity index (χ3n) is 3.56. The molecule has 0 aliphatic heterocycles. The number of benzene rings is 2. The third-order valence-corrected chi connectivity index (χ3v) is 3.56. The average molecular weight is 268 g/mol. The van der Waals surface area contributed by atoms with Crippen molar-refractivity contribution in [3.63, 3.8) is 0 Å². The second-order valence-corrected chi connectivity index (χ2v) is 5.15. The van der Waals surface area contributed by atoms with Crippen molar-refractivity contribution in [2.24, 2.45) is 0 Å². The standard InChI is InChI=1S/C17H20N2O/c1-11-5-7-15(8-13(11)3)19-10-17(20)14-6-4-12(2)16(18)9-14/h4-9,19H,10,18H2,1-3H3. The van der Waals surface area contributed by atoms with Gasteiger partial charge in [-0.2, -0.15) is 0 Å². The Hall–Kier alpha value is -2.29. The van der Waals surface area contributed by atoms with E-state index in [1.807, 2.05) is 37.3 Å². The highest BCUT2D eigenvalue weighted by Crippen LogP contribution is 2.16. The zero-order chi connectivity index (χ0) is 14.7. The molecule has 0 aliphatic rings. The minimum absolute atomic E-state index is 0.0370. The number of nitrogen functional groups attached to an aromatic ring is 1. The first-order valence-electron chi connectivity index (χ1n) is 6.68. The lowest BCUT2D eigenvalue weighted by molar-refractivity contribution is 0.101. The van der Waals surface area contributed by atoms with Crippen molar-refractivity contribution in [3.05, 3.63) is 58.7 Å². The molecule has 0 fully saturated rings. The molecule has 0 atom stereocenters. The van der Waals surface area contributed by atoms with Gasteiger partial charge < -0.3 is 11.1 Å². The van der Waals surface area contributed by atoms with Crippen molar-refractivity contribution < 1.29 is 4.79 Å². The van der Waals surface area contributed by atoms with E-state index in [1.165, 1.54) is 11.1 Å². The smallest absolute Gasteiger partial charge is 0.181 e. The summed E-state index contributed by atoms with van der Waals surface area (Å²) in [5, 5.41) is 3.15. The van der Waals surface area contributed by atoms with E-state index in [1.54, 1.807) is 6.07 Å². The number of carbonyl (C=O) groups is 1. The van der Waals surface area contributed by atoms with Crippen LogP contribution in [0.5, 0.6) is 0 Å². The van der Waals surface area contributed by atoms with E-state index in [4.69, 9.17) is 5.73 Å². The fourth-order valence-electron chi connectivity index (χ4n) is 1.95. The molecular formula is C17H20N2O. The highest BCUT2D eigenvalue weighted by Gasteiger charge is 2.07. The van der Waals surface area contributed by atoms with Gasteiger partial charge in [-0.1, -0.05) is 18.2 Å². The van der Waals surface area contributed by atoms with E-state index in [9.17, 15) is 4.79 Å². The number of hydrogen-bond acceptors (Lipinski definition) is 3. The number of anilines is 2. The average Bonchev–Trinajstić information content (AvgIpc) is 2.43. The van der Waals surface area contributed by atoms with E-state index in [2.05, 4.69) is 19.2 Å². The van der Waals surface area contributed by atoms with Gasteiger partial charge in [0.05, 0.1) is 6.54 Å². The van der Waals surface area contributed by atoms with Crippen molar-refractivity contribution in [3.8, 4) is 0 Å². The molecule has 0 aromatic heterocycles. The Morgan fingerprint density at radius 3 is 2.35 bits per heavy atom. The molecule has 2 rings (SSSR count). The van der Waals surface area contributed by atoms with Crippen molar-refractivity contribution >= 4 is 17.2 Å². The zero-order valence-corrected chi connectivity index (χ0v) is 12.2. The molecular weight excluding hydrogens is 248 g/mol. The molecule has 3 nitrogen and oxygen atoms in total. The third kappa shape index (κ3) is 3.18. The zero-order valence-electron chi connectivity index (χ0n) is 12.2. The predicted octanol–water partition coefficient (Wildman–Crippen LogP) is 3.49. The fourth-order valence-corrected chi connectivity index (χ4v) is 1.95. The number of hydrogen-bond donors (Lipinski definition) is 2. The van der Waals surface area contributed by atoms with Gasteiger partial charge in [0.25, 0.3) is 0 Å². The Morgan fingerprint density at radius 2 is 1.70 bits per heavy atom. The van der Waals surface area contributed by atoms with Crippen LogP contribution in [0.2, 0.25) is 0 Å². The number of aryl methyl sites for hydroxylation is 3. The highest BCUT2D eigenvalue weighted by molar-refractivity contribution is 5.99. The molecule has 0 saturated carbocycles. The summed E-state index contributed by atoms with van der Waals surface area (Å²) in [5.41, 5.74) is 11.5. The summed E-state index contributed by atoms with van der Waals surface area (Å²) < 4.78 is 0. The van der Waals surface area contributed by atoms with Gasteiger partial charge in [0.15, 0.2) is 5.78 Å². The van der Waals surface area contributed by atoms with Crippen LogP contribution in [0.15, 0.2) is 36.4 Å². The van der Waals surface area contributed by atoms with Crippen LogP contribution in [0.1, 0.15) is 27.0 Å². The largest absolute Gasteiger partial charge is 0.398 e. The van der Waals surface area contributed by atoms with Crippen molar-refractivity contribution in [2.45, 2.75) is 20.8 Å². The molecule has 0 spiro atoms. The van der Waals surface area contributed by atoms with Crippen LogP contribution in [0, 0.1) is 20.8 Å². The molecule has 0 bridgehead atoms. The first-order valence-corrected chi connectivity index (χ1v) is 6.68. The lowest BCUT2D eigenvalue weighted by atomic mass is 10.1. The summed E-state index contributed by atoms with van der Waals surface area (Å²) in [6, 6.07) is 11.5. The van der Waals surface area contributed by atoms with Crippen LogP contribution in [-0.2, 0) is 0 Å². The molecule has 0 radical (unpaired) electrons. The van der Waals surface area contributed by atoms with E-state index in [-0.39, 0.29) is 12.3 Å². The second kappa shape index (κ2) is 5.78. The van der Waals surface area contributed by atoms with Gasteiger partial charge in [-0.25, -0.2) is 0 Å². The number of nitrogens with one attached hydrogen (secondary N) is 1. The number of ketones is 1. The Morgan fingerprint density at radius 1 is 1.00 bits per heavy atom. The Labute approximate surface area is 119 Å². The van der Waals surface area contributed by atoms with Crippen molar-refractivity contribution in [1.29, 1.82) is 0 Å². The minimum atomic E-state index is 0.0370. The number of rotatable bonds is 4. The van der Waals surface area contributed by atoms with Crippen LogP contribution in [-0.4, -0.2) is 12.3 Å². The van der Waals surface area contributed by atoms with Crippen LogP contribution >= 0.6 is 0 Å². The highest BCUT2D eigenvalue weighted by atomic mass is 16.1. The van der Waals surface area contributed by atoms with Gasteiger partial charge in [0, 0.05) is 16.9 Å². The van der Waals surface area contributed by atoms with Gasteiger partial charge in [-0.15, -0.1) is 0 Å². The van der Waals surface area contributed by atoms with Gasteiger partial charge in [0.2, 0.25) is 0 Å². The molecule has 3 N–H and O–H groups in total. The first kappa shape index (κ1) is 14.1. The minimum Gasteiger partial charge on any atom is -0.398 e. The van der Waals surface area contributed by atoms with Crippen molar-refractivity contribution in [2.75, 3.05) is 17.6 Å². The monoisotopic (exact) mass is 268 g/mol. The summed E-state index contributed by atoms with van der Waals surface area (Å²) in [4.78, 5) is 12.1. The van der Waals surface area contributed by atoms with E-state index in [0.717, 1.165) is 11.3 Å². The lowest BCUT2D eigenvalue weighted by Gasteiger charge is -2.09. The summed E-state index contributed by atoms with van der Waals surface area (Å²) in [5.74, 6) is 0.0370. The number of carbonyl (C=O) groups excluding carboxylic acids is 1. The van der Waals surface area contributed by atoms with Crippen LogP contribution < -0.4 is 11.1 Å². The lowest BCUT2D eigenvalue weighted by Crippen LogP contribution is -2.14. The van der Waals surface area contributed by atoms with E-state index in [0.29, 0.717) is 11.3 Å². The normalized spacial score (nSPS) is 10.3. The maximum Gasteiger partial charge on any atom is 0.181 e. The Bertz CT molecular complexity index is 647. The fraction of sp³-hybridized carbons (Fsp3) is 0.235. The topological polar surface area (TPSA) is 55.1 Å². The summed E-state index contributed by atoms with van der Waals surface area (Å²) in [7, 11) is 0. The second-order valence-electron chi connectivity index (χ2n) is 5.15. The maximum absolute atomic E-state index is 12.1. The molecule has 0 amide bonds. The summed E-state index contributed by atoms with van der Waals surface area (Å²) in [6.45, 7) is 6.32. The molecule has 2 aromatic rings. The summed E-state index contributed by atoms with van der Waals surface area (Å²) in [6.07, 6.45) is 0. The molecule has 2 aromatic carbocycles. The maximum atomic E-state index is 12.1. The van der Waals surface area contributed by atoms with E-state index < -0.39 is 0 Å². The van der Waals surface area contributed by atoms with Crippen LogP contribution in [0.4, 0.5) is 11.4 Å². The molecule has 0 aliphatic carbocycles. The summed E-state index contributed by atoms with van der Waals surface area (Å²) >= 11 is 0. The van der Waals surface area contributed by atoms with E-state index >= 15 is 0 Å². The SMILES string of the molecule is Cc1ccc(NCC(=O)c2ccc(C)c(N)c2)cc1C. The molecule has 104 valence electrons. The van der Waals surface area contributed by atoms with Crippen molar-refractivity contribution in [1.82, 2.24) is 0 Å². The molecule has 20 heavy (non-hydrogen) atoms. The van der Waals surface area contributed by atoms with Crippen LogP contribution in [0.25, 0.3) is 0 Å². The quantitative estimate of drug-likeness (QED) is 0.659. The van der Waals surface area contributed by atoms with Gasteiger partial charge in [-0.05, 0) is 55.7 Å². The van der Waals surface area contributed by atoms with Crippen LogP contribution in [0.3, 0.4) is 0 Å². The molecule has 0 saturated heterocycles. The first-order chi connectivity index (χ1) is 9.47. The predicted molar refractivity (Wildman–Crippen MR) is 84.3 cm³/mol.